The number of amides is 1. The Morgan fingerprint density at radius 2 is 2.27 bits per heavy atom. The highest BCUT2D eigenvalue weighted by molar-refractivity contribution is 5.83. The second kappa shape index (κ2) is 3.49. The first-order valence-corrected chi connectivity index (χ1v) is 5.52. The highest BCUT2D eigenvalue weighted by Gasteiger charge is 2.54. The van der Waals surface area contributed by atoms with Gasteiger partial charge < -0.3 is 10.6 Å². The summed E-state index contributed by atoms with van der Waals surface area (Å²) < 4.78 is 0. The molecule has 1 aliphatic carbocycles. The number of nitriles is 1. The SMILES string of the molecule is CC(C)C(N)C(=O)N1CC2CC2C1C#N. The molecule has 1 saturated carbocycles. The lowest BCUT2D eigenvalue weighted by Crippen LogP contribution is -2.49. The Bertz CT molecular complexity index is 320. The van der Waals surface area contributed by atoms with Gasteiger partial charge in [0.1, 0.15) is 6.04 Å². The van der Waals surface area contributed by atoms with Crippen LogP contribution in [0.2, 0.25) is 0 Å². The number of carbonyl (C=O) groups excluding carboxylic acids is 1. The molecule has 2 rings (SSSR count). The summed E-state index contributed by atoms with van der Waals surface area (Å²) in [6.07, 6.45) is 1.11. The first-order valence-electron chi connectivity index (χ1n) is 5.52. The van der Waals surface area contributed by atoms with E-state index >= 15 is 0 Å². The van der Waals surface area contributed by atoms with Gasteiger partial charge in [0.2, 0.25) is 5.91 Å². The van der Waals surface area contributed by atoms with E-state index in [-0.39, 0.29) is 17.9 Å². The quantitative estimate of drug-likeness (QED) is 0.709. The van der Waals surface area contributed by atoms with Crippen molar-refractivity contribution in [1.82, 2.24) is 4.90 Å². The molecule has 15 heavy (non-hydrogen) atoms. The van der Waals surface area contributed by atoms with E-state index in [2.05, 4.69) is 6.07 Å². The minimum Gasteiger partial charge on any atom is -0.325 e. The zero-order valence-electron chi connectivity index (χ0n) is 9.18. The van der Waals surface area contributed by atoms with E-state index in [1.54, 1.807) is 4.90 Å². The third-order valence-corrected chi connectivity index (χ3v) is 3.57. The van der Waals surface area contributed by atoms with Crippen LogP contribution in [0.25, 0.3) is 0 Å². The Hall–Kier alpha value is -1.08. The van der Waals surface area contributed by atoms with Crippen LogP contribution < -0.4 is 5.73 Å². The standard InChI is InChI=1S/C11H17N3O/c1-6(2)10(13)11(15)14-5-7-3-8(7)9(14)4-12/h6-10H,3,5,13H2,1-2H3. The molecule has 4 atom stereocenters. The Morgan fingerprint density at radius 1 is 1.60 bits per heavy atom. The van der Waals surface area contributed by atoms with Gasteiger partial charge in [0.15, 0.2) is 0 Å². The van der Waals surface area contributed by atoms with Crippen molar-refractivity contribution in [3.8, 4) is 6.07 Å². The predicted octanol–water partition coefficient (Wildman–Crippen LogP) is 0.340. The van der Waals surface area contributed by atoms with Crippen LogP contribution >= 0.6 is 0 Å². The number of hydrogen-bond donors (Lipinski definition) is 1. The van der Waals surface area contributed by atoms with E-state index in [1.807, 2.05) is 13.8 Å². The van der Waals surface area contributed by atoms with Gasteiger partial charge in [-0.3, -0.25) is 4.79 Å². The zero-order valence-corrected chi connectivity index (χ0v) is 9.18. The zero-order chi connectivity index (χ0) is 11.2. The summed E-state index contributed by atoms with van der Waals surface area (Å²) in [6, 6.07) is 1.55. The van der Waals surface area contributed by atoms with E-state index in [4.69, 9.17) is 11.0 Å². The predicted molar refractivity (Wildman–Crippen MR) is 55.5 cm³/mol. The highest BCUT2D eigenvalue weighted by atomic mass is 16.2. The summed E-state index contributed by atoms with van der Waals surface area (Å²) in [7, 11) is 0. The van der Waals surface area contributed by atoms with Crippen LogP contribution in [-0.2, 0) is 4.79 Å². The molecule has 0 radical (unpaired) electrons. The van der Waals surface area contributed by atoms with Crippen molar-refractivity contribution in [1.29, 1.82) is 5.26 Å². The fourth-order valence-electron chi connectivity index (χ4n) is 2.33. The average Bonchev–Trinajstić information content (AvgIpc) is 2.88. The maximum Gasteiger partial charge on any atom is 0.240 e. The first kappa shape index (κ1) is 10.4. The van der Waals surface area contributed by atoms with Gasteiger partial charge in [0.05, 0.1) is 12.1 Å². The lowest BCUT2D eigenvalue weighted by atomic mass is 10.0. The Kier molecular flexibility index (Phi) is 2.43. The molecule has 2 aliphatic rings. The summed E-state index contributed by atoms with van der Waals surface area (Å²) in [4.78, 5) is 13.7. The van der Waals surface area contributed by atoms with Crippen LogP contribution in [0.15, 0.2) is 0 Å². The molecule has 4 unspecified atom stereocenters. The van der Waals surface area contributed by atoms with E-state index in [1.165, 1.54) is 0 Å². The molecule has 2 N–H and O–H groups in total. The number of fused-ring (bicyclic) bond motifs is 1. The average molecular weight is 207 g/mol. The Morgan fingerprint density at radius 3 is 2.80 bits per heavy atom. The van der Waals surface area contributed by atoms with Gasteiger partial charge in [-0.25, -0.2) is 0 Å². The molecular weight excluding hydrogens is 190 g/mol. The maximum absolute atomic E-state index is 12.0. The largest absolute Gasteiger partial charge is 0.325 e. The van der Waals surface area contributed by atoms with Crippen molar-refractivity contribution >= 4 is 5.91 Å². The van der Waals surface area contributed by atoms with Crippen molar-refractivity contribution in [3.05, 3.63) is 0 Å². The number of nitrogens with two attached hydrogens (primary N) is 1. The fraction of sp³-hybridized carbons (Fsp3) is 0.818. The first-order chi connectivity index (χ1) is 7.06. The van der Waals surface area contributed by atoms with Crippen molar-refractivity contribution in [2.45, 2.75) is 32.4 Å². The maximum atomic E-state index is 12.0. The number of nitrogens with zero attached hydrogens (tertiary/aromatic N) is 2. The molecule has 1 saturated heterocycles. The lowest BCUT2D eigenvalue weighted by molar-refractivity contribution is -0.134. The summed E-state index contributed by atoms with van der Waals surface area (Å²) in [5, 5.41) is 9.02. The molecule has 0 bridgehead atoms. The van der Waals surface area contributed by atoms with E-state index in [0.29, 0.717) is 11.8 Å². The third-order valence-electron chi connectivity index (χ3n) is 3.57. The normalized spacial score (nSPS) is 34.9. The monoisotopic (exact) mass is 207 g/mol. The van der Waals surface area contributed by atoms with Crippen LogP contribution in [0, 0.1) is 29.1 Å². The number of carbonyl (C=O) groups is 1. The number of piperidine rings is 1. The molecule has 0 aromatic rings. The van der Waals surface area contributed by atoms with Crippen molar-refractivity contribution in [2.24, 2.45) is 23.5 Å². The molecule has 1 amide bonds. The van der Waals surface area contributed by atoms with E-state index in [0.717, 1.165) is 13.0 Å². The molecule has 4 heteroatoms. The number of rotatable bonds is 2. The van der Waals surface area contributed by atoms with Crippen molar-refractivity contribution in [3.63, 3.8) is 0 Å². The van der Waals surface area contributed by atoms with E-state index < -0.39 is 6.04 Å². The smallest absolute Gasteiger partial charge is 0.240 e. The van der Waals surface area contributed by atoms with Crippen molar-refractivity contribution < 1.29 is 4.79 Å². The molecule has 0 aromatic carbocycles. The molecule has 0 spiro atoms. The van der Waals surface area contributed by atoms with Crippen LogP contribution in [-0.4, -0.2) is 29.4 Å². The Labute approximate surface area is 90.0 Å². The fourth-order valence-corrected chi connectivity index (χ4v) is 2.33. The van der Waals surface area contributed by atoms with Crippen molar-refractivity contribution in [2.75, 3.05) is 6.54 Å². The van der Waals surface area contributed by atoms with Gasteiger partial charge >= 0.3 is 0 Å². The summed E-state index contributed by atoms with van der Waals surface area (Å²) >= 11 is 0. The van der Waals surface area contributed by atoms with Crippen LogP contribution in [0.4, 0.5) is 0 Å². The summed E-state index contributed by atoms with van der Waals surface area (Å²) in [5.41, 5.74) is 5.82. The second-order valence-corrected chi connectivity index (χ2v) is 4.99. The van der Waals surface area contributed by atoms with Gasteiger partial charge in [0, 0.05) is 6.54 Å². The second-order valence-electron chi connectivity index (χ2n) is 4.99. The van der Waals surface area contributed by atoms with E-state index in [9.17, 15) is 4.79 Å². The van der Waals surface area contributed by atoms with Gasteiger partial charge in [-0.1, -0.05) is 13.8 Å². The summed E-state index contributed by atoms with van der Waals surface area (Å²) in [5.74, 6) is 1.08. The lowest BCUT2D eigenvalue weighted by Gasteiger charge is -2.27. The molecule has 2 fully saturated rings. The topological polar surface area (TPSA) is 70.1 Å². The van der Waals surface area contributed by atoms with Gasteiger partial charge in [-0.15, -0.1) is 0 Å². The van der Waals surface area contributed by atoms with Crippen LogP contribution in [0.1, 0.15) is 20.3 Å². The molecule has 1 heterocycles. The third kappa shape index (κ3) is 1.61. The van der Waals surface area contributed by atoms with Gasteiger partial charge in [0.25, 0.3) is 0 Å². The van der Waals surface area contributed by atoms with Gasteiger partial charge in [-0.05, 0) is 24.2 Å². The van der Waals surface area contributed by atoms with Crippen LogP contribution in [0.5, 0.6) is 0 Å². The number of likely N-dealkylation sites (tertiary alicyclic amines) is 1. The highest BCUT2D eigenvalue weighted by Crippen LogP contribution is 2.49. The molecular formula is C11H17N3O. The molecule has 1 aliphatic heterocycles. The number of hydrogen-bond acceptors (Lipinski definition) is 3. The van der Waals surface area contributed by atoms with Gasteiger partial charge in [-0.2, -0.15) is 5.26 Å². The molecule has 0 aromatic heterocycles. The molecule has 82 valence electrons. The minimum atomic E-state index is -0.460. The minimum absolute atomic E-state index is 0.0521. The summed E-state index contributed by atoms with van der Waals surface area (Å²) in [6.45, 7) is 4.60. The van der Waals surface area contributed by atoms with Crippen LogP contribution in [0.3, 0.4) is 0 Å². The Balaban J connectivity index is 2.05. The molecule has 4 nitrogen and oxygen atoms in total.